The van der Waals surface area contributed by atoms with Crippen molar-refractivity contribution in [3.05, 3.63) is 35.4 Å². The van der Waals surface area contributed by atoms with E-state index in [0.717, 1.165) is 31.4 Å². The average Bonchev–Trinajstić information content (AvgIpc) is 3.38. The van der Waals surface area contributed by atoms with E-state index in [2.05, 4.69) is 10.6 Å². The standard InChI is InChI=1S/C17H21F2N3O2/c18-14-4-1-5-15(19)13(14)9-20-16(23)11-3-2-8-22(10-11)17(24)21-12-6-7-12/h1,4-5,11-12H,2-3,6-10H2,(H,20,23)(H,21,24). The number of benzene rings is 1. The number of likely N-dealkylation sites (tertiary alicyclic amines) is 1. The van der Waals surface area contributed by atoms with Gasteiger partial charge in [-0.15, -0.1) is 0 Å². The molecule has 3 rings (SSSR count). The van der Waals surface area contributed by atoms with Crippen molar-refractivity contribution in [2.45, 2.75) is 38.3 Å². The molecule has 1 atom stereocenters. The summed E-state index contributed by atoms with van der Waals surface area (Å²) in [7, 11) is 0. The highest BCUT2D eigenvalue weighted by Crippen LogP contribution is 2.21. The van der Waals surface area contributed by atoms with Crippen LogP contribution in [0.1, 0.15) is 31.2 Å². The van der Waals surface area contributed by atoms with E-state index in [-0.39, 0.29) is 36.0 Å². The molecule has 2 aliphatic rings. The van der Waals surface area contributed by atoms with Gasteiger partial charge in [0, 0.05) is 31.2 Å². The van der Waals surface area contributed by atoms with Gasteiger partial charge in [-0.25, -0.2) is 13.6 Å². The lowest BCUT2D eigenvalue weighted by atomic mass is 9.97. The van der Waals surface area contributed by atoms with E-state index in [1.54, 1.807) is 4.90 Å². The lowest BCUT2D eigenvalue weighted by Crippen LogP contribution is -2.49. The third-order valence-electron chi connectivity index (χ3n) is 4.49. The first-order valence-corrected chi connectivity index (χ1v) is 8.30. The summed E-state index contributed by atoms with van der Waals surface area (Å²) in [5, 5.41) is 5.50. The second-order valence-electron chi connectivity index (χ2n) is 6.43. The molecule has 1 saturated heterocycles. The van der Waals surface area contributed by atoms with Gasteiger partial charge < -0.3 is 15.5 Å². The molecule has 2 N–H and O–H groups in total. The molecule has 5 nitrogen and oxygen atoms in total. The van der Waals surface area contributed by atoms with Gasteiger partial charge in [-0.3, -0.25) is 4.79 Å². The van der Waals surface area contributed by atoms with Gasteiger partial charge in [-0.2, -0.15) is 0 Å². The second-order valence-corrected chi connectivity index (χ2v) is 6.43. The number of hydrogen-bond acceptors (Lipinski definition) is 2. The highest BCUT2D eigenvalue weighted by atomic mass is 19.1. The smallest absolute Gasteiger partial charge is 0.317 e. The fourth-order valence-corrected chi connectivity index (χ4v) is 2.89. The normalized spacial score (nSPS) is 20.6. The quantitative estimate of drug-likeness (QED) is 0.884. The number of hydrogen-bond donors (Lipinski definition) is 2. The summed E-state index contributed by atoms with van der Waals surface area (Å²) >= 11 is 0. The largest absolute Gasteiger partial charge is 0.352 e. The van der Waals surface area contributed by atoms with Gasteiger partial charge in [-0.1, -0.05) is 6.07 Å². The Kier molecular flexibility index (Phi) is 4.97. The molecule has 1 saturated carbocycles. The summed E-state index contributed by atoms with van der Waals surface area (Å²) < 4.78 is 27.2. The van der Waals surface area contributed by atoms with Crippen molar-refractivity contribution >= 4 is 11.9 Å². The molecular weight excluding hydrogens is 316 g/mol. The van der Waals surface area contributed by atoms with Gasteiger partial charge in [0.25, 0.3) is 0 Å². The van der Waals surface area contributed by atoms with Crippen LogP contribution < -0.4 is 10.6 Å². The highest BCUT2D eigenvalue weighted by molar-refractivity contribution is 5.81. The summed E-state index contributed by atoms with van der Waals surface area (Å²) in [5.74, 6) is -1.98. The molecule has 1 aromatic carbocycles. The summed E-state index contributed by atoms with van der Waals surface area (Å²) in [6.07, 6.45) is 3.43. The number of urea groups is 1. The van der Waals surface area contributed by atoms with Gasteiger partial charge in [0.15, 0.2) is 0 Å². The molecule has 0 bridgehead atoms. The first-order valence-electron chi connectivity index (χ1n) is 8.30. The summed E-state index contributed by atoms with van der Waals surface area (Å²) in [5.41, 5.74) is -0.148. The van der Waals surface area contributed by atoms with E-state index in [1.807, 2.05) is 0 Å². The zero-order chi connectivity index (χ0) is 17.1. The van der Waals surface area contributed by atoms with E-state index in [1.165, 1.54) is 6.07 Å². The third kappa shape index (κ3) is 4.01. The van der Waals surface area contributed by atoms with Crippen molar-refractivity contribution in [1.82, 2.24) is 15.5 Å². The van der Waals surface area contributed by atoms with Crippen LogP contribution in [0, 0.1) is 17.6 Å². The minimum Gasteiger partial charge on any atom is -0.352 e. The number of halogens is 2. The Morgan fingerprint density at radius 3 is 2.54 bits per heavy atom. The maximum Gasteiger partial charge on any atom is 0.317 e. The van der Waals surface area contributed by atoms with Gasteiger partial charge in [0.2, 0.25) is 5.91 Å². The van der Waals surface area contributed by atoms with E-state index in [4.69, 9.17) is 0 Å². The molecule has 0 aromatic heterocycles. The first-order chi connectivity index (χ1) is 11.5. The fraction of sp³-hybridized carbons (Fsp3) is 0.529. The van der Waals surface area contributed by atoms with Crippen molar-refractivity contribution in [1.29, 1.82) is 0 Å². The maximum atomic E-state index is 13.6. The molecule has 130 valence electrons. The molecule has 7 heteroatoms. The predicted octanol–water partition coefficient (Wildman–Crippen LogP) is 2.17. The SMILES string of the molecule is O=C(NCc1c(F)cccc1F)C1CCCN(C(=O)NC2CC2)C1. The molecule has 0 radical (unpaired) electrons. The van der Waals surface area contributed by atoms with Crippen molar-refractivity contribution in [3.63, 3.8) is 0 Å². The van der Waals surface area contributed by atoms with Crippen LogP contribution in [0.25, 0.3) is 0 Å². The molecule has 1 aliphatic heterocycles. The van der Waals surface area contributed by atoms with Crippen LogP contribution >= 0.6 is 0 Å². The van der Waals surface area contributed by atoms with E-state index in [9.17, 15) is 18.4 Å². The first kappa shape index (κ1) is 16.7. The van der Waals surface area contributed by atoms with Crippen LogP contribution in [0.5, 0.6) is 0 Å². The number of nitrogens with zero attached hydrogens (tertiary/aromatic N) is 1. The Balaban J connectivity index is 1.53. The lowest BCUT2D eigenvalue weighted by Gasteiger charge is -2.32. The minimum atomic E-state index is -0.676. The van der Waals surface area contributed by atoms with Crippen molar-refractivity contribution < 1.29 is 18.4 Å². The second kappa shape index (κ2) is 7.15. The number of carbonyl (C=O) groups is 2. The molecular formula is C17H21F2N3O2. The van der Waals surface area contributed by atoms with E-state index < -0.39 is 11.6 Å². The Labute approximate surface area is 139 Å². The molecule has 1 heterocycles. The molecule has 1 unspecified atom stereocenters. The molecule has 3 amide bonds. The molecule has 24 heavy (non-hydrogen) atoms. The molecule has 0 spiro atoms. The van der Waals surface area contributed by atoms with Crippen molar-refractivity contribution in [2.24, 2.45) is 5.92 Å². The Morgan fingerprint density at radius 2 is 1.88 bits per heavy atom. The van der Waals surface area contributed by atoms with Crippen LogP contribution in [0.4, 0.5) is 13.6 Å². The maximum absolute atomic E-state index is 13.6. The zero-order valence-corrected chi connectivity index (χ0v) is 13.4. The van der Waals surface area contributed by atoms with Gasteiger partial charge in [-0.05, 0) is 37.8 Å². The number of piperidine rings is 1. The highest BCUT2D eigenvalue weighted by Gasteiger charge is 2.31. The van der Waals surface area contributed by atoms with Gasteiger partial charge >= 0.3 is 6.03 Å². The van der Waals surface area contributed by atoms with E-state index in [0.29, 0.717) is 19.5 Å². The van der Waals surface area contributed by atoms with Crippen LogP contribution in [0.3, 0.4) is 0 Å². The minimum absolute atomic E-state index is 0.129. The Hall–Kier alpha value is -2.18. The molecule has 2 fully saturated rings. The zero-order valence-electron chi connectivity index (χ0n) is 13.4. The van der Waals surface area contributed by atoms with Crippen LogP contribution in [-0.2, 0) is 11.3 Å². The predicted molar refractivity (Wildman–Crippen MR) is 84.1 cm³/mol. The molecule has 1 aromatic rings. The monoisotopic (exact) mass is 337 g/mol. The van der Waals surface area contributed by atoms with E-state index >= 15 is 0 Å². The average molecular weight is 337 g/mol. The number of rotatable bonds is 4. The summed E-state index contributed by atoms with van der Waals surface area (Å²) in [4.78, 5) is 26.0. The number of amides is 3. The summed E-state index contributed by atoms with van der Waals surface area (Å²) in [6.45, 7) is 0.774. The van der Waals surface area contributed by atoms with Gasteiger partial charge in [0.05, 0.1) is 5.92 Å². The van der Waals surface area contributed by atoms with Crippen LogP contribution in [0.2, 0.25) is 0 Å². The van der Waals surface area contributed by atoms with Gasteiger partial charge in [0.1, 0.15) is 11.6 Å². The summed E-state index contributed by atoms with van der Waals surface area (Å²) in [6, 6.07) is 3.75. The molecule has 1 aliphatic carbocycles. The van der Waals surface area contributed by atoms with Crippen LogP contribution in [0.15, 0.2) is 18.2 Å². The lowest BCUT2D eigenvalue weighted by molar-refractivity contribution is -0.126. The van der Waals surface area contributed by atoms with Crippen molar-refractivity contribution in [3.8, 4) is 0 Å². The fourth-order valence-electron chi connectivity index (χ4n) is 2.89. The van der Waals surface area contributed by atoms with Crippen LogP contribution in [-0.4, -0.2) is 36.0 Å². The number of carbonyl (C=O) groups excluding carboxylic acids is 2. The number of nitrogens with one attached hydrogen (secondary N) is 2. The Morgan fingerprint density at radius 1 is 1.17 bits per heavy atom. The van der Waals surface area contributed by atoms with Crippen molar-refractivity contribution in [2.75, 3.05) is 13.1 Å². The topological polar surface area (TPSA) is 61.4 Å². The third-order valence-corrected chi connectivity index (χ3v) is 4.49. The Bertz CT molecular complexity index is 614.